The zero-order valence-corrected chi connectivity index (χ0v) is 32.9. The van der Waals surface area contributed by atoms with Gasteiger partial charge in [-0.05, 0) is 85.7 Å². The molecule has 0 saturated heterocycles. The van der Waals surface area contributed by atoms with Crippen LogP contribution in [0.5, 0.6) is 0 Å². The van der Waals surface area contributed by atoms with Gasteiger partial charge in [0.05, 0.1) is 26.1 Å². The van der Waals surface area contributed by atoms with E-state index in [1.807, 2.05) is 11.4 Å². The van der Waals surface area contributed by atoms with Gasteiger partial charge < -0.3 is 8.83 Å². The average Bonchev–Trinajstić information content (AvgIpc) is 3.94. The van der Waals surface area contributed by atoms with Crippen LogP contribution in [0.1, 0.15) is 49.9 Å². The molecule has 278 valence electrons. The number of benzene rings is 2. The summed E-state index contributed by atoms with van der Waals surface area (Å²) in [5.74, 6) is -1.14. The minimum Gasteiger partial charge on any atom is -0.451 e. The first-order chi connectivity index (χ1) is 25.9. The number of thiophene rings is 2. The highest BCUT2D eigenvalue weighted by atomic mass is 35.5. The molecule has 0 aliphatic carbocycles. The van der Waals surface area contributed by atoms with Crippen molar-refractivity contribution in [2.24, 2.45) is 0 Å². The van der Waals surface area contributed by atoms with E-state index in [1.54, 1.807) is 35.0 Å². The number of hydrogen-bond acceptors (Lipinski definition) is 8. The largest absolute Gasteiger partial charge is 0.451 e. The summed E-state index contributed by atoms with van der Waals surface area (Å²) in [5.41, 5.74) is 3.05. The summed E-state index contributed by atoms with van der Waals surface area (Å²) in [4.78, 5) is 0. The molecule has 9 nitrogen and oxygen atoms in total. The van der Waals surface area contributed by atoms with E-state index >= 15 is 8.78 Å². The Kier molecular flexibility index (Phi) is 10.2. The number of rotatable bonds is 12. The van der Waals surface area contributed by atoms with E-state index in [4.69, 9.17) is 55.2 Å². The fourth-order valence-electron chi connectivity index (χ4n) is 6.15. The molecule has 0 spiro atoms. The summed E-state index contributed by atoms with van der Waals surface area (Å²) in [6.45, 7) is 0. The van der Waals surface area contributed by atoms with Gasteiger partial charge in [0.2, 0.25) is 0 Å². The van der Waals surface area contributed by atoms with Crippen LogP contribution in [0.3, 0.4) is 0 Å². The van der Waals surface area contributed by atoms with Crippen LogP contribution in [0.25, 0.3) is 65.8 Å². The Labute approximate surface area is 333 Å². The molecule has 0 atom stereocenters. The third-order valence-corrected chi connectivity index (χ3v) is 13.0. The lowest BCUT2D eigenvalue weighted by Gasteiger charge is -2.05. The van der Waals surface area contributed by atoms with Crippen molar-refractivity contribution in [2.75, 3.05) is 0 Å². The monoisotopic (exact) mass is 866 g/mol. The maximum absolute atomic E-state index is 15.7. The molecule has 0 amide bonds. The third-order valence-electron chi connectivity index (χ3n) is 8.63. The van der Waals surface area contributed by atoms with Gasteiger partial charge in [0.1, 0.15) is 26.9 Å². The maximum atomic E-state index is 15.7. The molecule has 0 radical (unpaired) electrons. The van der Waals surface area contributed by atoms with E-state index in [9.17, 15) is 13.0 Å². The number of furan rings is 2. The third kappa shape index (κ3) is 6.87. The zero-order valence-electron chi connectivity index (χ0n) is 27.5. The minimum atomic E-state index is -4.50. The lowest BCUT2D eigenvalue weighted by Crippen LogP contribution is -1.98. The number of unbranched alkanes of at least 4 members (excludes halogenated alkanes) is 5. The molecular weight excluding hydrogens is 844 g/mol. The van der Waals surface area contributed by atoms with Crippen LogP contribution in [-0.2, 0) is 10.1 Å². The fourth-order valence-corrected chi connectivity index (χ4v) is 9.74. The van der Waals surface area contributed by atoms with Crippen LogP contribution >= 0.6 is 69.1 Å². The van der Waals surface area contributed by atoms with Crippen LogP contribution in [-0.4, -0.2) is 32.5 Å². The lowest BCUT2D eigenvalue weighted by atomic mass is 10.1. The van der Waals surface area contributed by atoms with Crippen molar-refractivity contribution in [3.05, 3.63) is 97.5 Å². The molecule has 6 aromatic heterocycles. The van der Waals surface area contributed by atoms with E-state index in [0.717, 1.165) is 28.9 Å². The number of aromatic nitrogens is 4. The number of hydrogen-bond donors (Lipinski definition) is 1. The van der Waals surface area contributed by atoms with Crippen molar-refractivity contribution < 1.29 is 30.6 Å². The van der Waals surface area contributed by atoms with Gasteiger partial charge in [-0.15, -0.1) is 22.7 Å². The molecule has 0 unspecified atom stereocenters. The maximum Gasteiger partial charge on any atom is 0.304 e. The summed E-state index contributed by atoms with van der Waals surface area (Å²) in [7, 11) is -4.50. The molecular formula is C36H24Cl4F2N4O5S3. The molecule has 2 aromatic carbocycles. The van der Waals surface area contributed by atoms with Crippen molar-refractivity contribution in [3.8, 4) is 11.4 Å². The van der Waals surface area contributed by atoms with Gasteiger partial charge in [-0.3, -0.25) is 4.55 Å². The molecule has 0 aliphatic rings. The van der Waals surface area contributed by atoms with E-state index in [1.165, 1.54) is 40.3 Å². The molecule has 18 heteroatoms. The Morgan fingerprint density at radius 2 is 1.26 bits per heavy atom. The normalized spacial score (nSPS) is 13.2. The SMILES string of the molecule is O=S(=O)(O)c1cc2oc3c(/C(F)=C/CCCCCC/C=C(\F)c4nn(-c5ccc(Cl)cc5Cl)c5c4oc4ccsc45)nn(-c4ccc(Cl)cc4Cl)c3c2s1. The lowest BCUT2D eigenvalue weighted by molar-refractivity contribution is 0.485. The number of fused-ring (bicyclic) bond motifs is 6. The van der Waals surface area contributed by atoms with Gasteiger partial charge in [0, 0.05) is 16.1 Å². The Morgan fingerprint density at radius 3 is 1.78 bits per heavy atom. The van der Waals surface area contributed by atoms with Gasteiger partial charge in [0.15, 0.2) is 38.4 Å². The average molecular weight is 869 g/mol. The highest BCUT2D eigenvalue weighted by molar-refractivity contribution is 7.88. The summed E-state index contributed by atoms with van der Waals surface area (Å²) >= 11 is 27.4. The topological polar surface area (TPSA) is 116 Å². The molecule has 8 aromatic rings. The first-order valence-corrected chi connectivity index (χ1v) is 21.0. The highest BCUT2D eigenvalue weighted by Crippen LogP contribution is 2.43. The van der Waals surface area contributed by atoms with Gasteiger partial charge in [-0.2, -0.15) is 18.6 Å². The second kappa shape index (κ2) is 14.7. The van der Waals surface area contributed by atoms with Gasteiger partial charge in [-0.25, -0.2) is 18.1 Å². The molecule has 0 bridgehead atoms. The first-order valence-electron chi connectivity index (χ1n) is 16.3. The Balaban J connectivity index is 0.943. The summed E-state index contributed by atoms with van der Waals surface area (Å²) in [6.07, 6.45) is 6.66. The Hall–Kier alpha value is -3.73. The van der Waals surface area contributed by atoms with E-state index < -0.39 is 21.8 Å². The molecule has 6 heterocycles. The smallest absolute Gasteiger partial charge is 0.304 e. The highest BCUT2D eigenvalue weighted by Gasteiger charge is 2.28. The number of halogens is 6. The van der Waals surface area contributed by atoms with Crippen molar-refractivity contribution in [1.29, 1.82) is 0 Å². The van der Waals surface area contributed by atoms with Gasteiger partial charge in [-0.1, -0.05) is 59.2 Å². The molecule has 54 heavy (non-hydrogen) atoms. The summed E-state index contributed by atoms with van der Waals surface area (Å²) in [6, 6.07) is 12.7. The Bertz CT molecular complexity index is 2920. The van der Waals surface area contributed by atoms with E-state index in [0.29, 0.717) is 79.0 Å². The summed E-state index contributed by atoms with van der Waals surface area (Å²) < 4.78 is 80.2. The predicted molar refractivity (Wildman–Crippen MR) is 213 cm³/mol. The minimum absolute atomic E-state index is 0.0836. The van der Waals surface area contributed by atoms with Crippen molar-refractivity contribution in [3.63, 3.8) is 0 Å². The second-order valence-electron chi connectivity index (χ2n) is 12.2. The number of allylic oxidation sites excluding steroid dienone is 2. The molecule has 8 rings (SSSR count). The first kappa shape index (κ1) is 37.2. The van der Waals surface area contributed by atoms with Gasteiger partial charge in [0.25, 0.3) is 0 Å². The zero-order chi connectivity index (χ0) is 37.9. The number of nitrogens with zero attached hydrogens (tertiary/aromatic N) is 4. The quantitative estimate of drug-likeness (QED) is 0.0960. The fraction of sp³-hybridized carbons (Fsp3) is 0.167. The molecule has 0 saturated carbocycles. The van der Waals surface area contributed by atoms with Crippen molar-refractivity contribution in [2.45, 2.75) is 42.7 Å². The van der Waals surface area contributed by atoms with E-state index in [-0.39, 0.29) is 31.8 Å². The van der Waals surface area contributed by atoms with Crippen molar-refractivity contribution in [1.82, 2.24) is 19.6 Å². The van der Waals surface area contributed by atoms with Crippen LogP contribution < -0.4 is 0 Å². The van der Waals surface area contributed by atoms with Crippen LogP contribution in [0, 0.1) is 0 Å². The molecule has 0 aliphatic heterocycles. The Morgan fingerprint density at radius 1 is 0.741 bits per heavy atom. The van der Waals surface area contributed by atoms with E-state index in [2.05, 4.69) is 10.2 Å². The van der Waals surface area contributed by atoms with Gasteiger partial charge >= 0.3 is 10.1 Å². The molecule has 0 fully saturated rings. The van der Waals surface area contributed by atoms with Crippen molar-refractivity contribution >= 4 is 134 Å². The summed E-state index contributed by atoms with van der Waals surface area (Å²) in [5, 5.41) is 12.3. The predicted octanol–water partition coefficient (Wildman–Crippen LogP) is 13.5. The standard InChI is InChI=1S/C36H24Cl4F2N4O5S3/c37-18-9-11-24(20(39)15-18)45-31-33(50-26-13-14-52-35(26)31)29(43-45)22(41)7-5-3-1-2-4-6-8-23(42)30-34-32(36-27(51-34)17-28(53-36)54(47,48)49)46(44-30)25-12-10-19(38)16-21(25)40/h7-17H,1-6H2,(H,47,48,49)/b22-7-,23-8-. The van der Waals surface area contributed by atoms with Crippen LogP contribution in [0.15, 0.2) is 79.1 Å². The molecule has 1 N–H and O–H groups in total. The second-order valence-corrected chi connectivity index (χ2v) is 17.5. The van der Waals surface area contributed by atoms with Crippen LogP contribution in [0.4, 0.5) is 8.78 Å². The van der Waals surface area contributed by atoms with Crippen LogP contribution in [0.2, 0.25) is 20.1 Å².